The molecule has 0 fully saturated rings. The quantitative estimate of drug-likeness (QED) is 0.412. The summed E-state index contributed by atoms with van der Waals surface area (Å²) >= 11 is 2.67. The minimum Gasteiger partial charge on any atom is -0.497 e. The number of ether oxygens (including phenoxy) is 2. The fourth-order valence-electron chi connectivity index (χ4n) is 2.40. The molecule has 2 heterocycles. The molecule has 2 N–H and O–H groups in total. The fourth-order valence-corrected chi connectivity index (χ4v) is 3.81. The van der Waals surface area contributed by atoms with E-state index < -0.39 is 5.97 Å². The minimum absolute atomic E-state index is 0.291. The van der Waals surface area contributed by atoms with Gasteiger partial charge in [-0.1, -0.05) is 11.8 Å². The average molecular weight is 375 g/mol. The van der Waals surface area contributed by atoms with Crippen LogP contribution < -0.4 is 10.5 Å². The summed E-state index contributed by atoms with van der Waals surface area (Å²) in [5.41, 5.74) is 8.19. The highest BCUT2D eigenvalue weighted by atomic mass is 32.2. The highest BCUT2D eigenvalue weighted by molar-refractivity contribution is 7.98. The molecule has 0 radical (unpaired) electrons. The number of nitrogen functional groups attached to an aromatic ring is 1. The van der Waals surface area contributed by atoms with Crippen molar-refractivity contribution in [1.29, 1.82) is 0 Å². The SMILES string of the molecule is CCOC(=O)c1sc2nc(SC)nc(-c3ccc(OC)cc3)c2c1N. The molecule has 0 aliphatic heterocycles. The highest BCUT2D eigenvalue weighted by Crippen LogP contribution is 2.39. The topological polar surface area (TPSA) is 87.3 Å². The first-order valence-corrected chi connectivity index (χ1v) is 9.58. The van der Waals surface area contributed by atoms with Gasteiger partial charge >= 0.3 is 5.97 Å². The maximum absolute atomic E-state index is 12.2. The molecule has 25 heavy (non-hydrogen) atoms. The molecular weight excluding hydrogens is 358 g/mol. The standard InChI is InChI=1S/C17H17N3O3S2/c1-4-23-16(21)14-12(18)11-13(9-5-7-10(22-2)8-6-9)19-17(24-3)20-15(11)25-14/h5-8H,4,18H2,1-3H3. The Morgan fingerprint density at radius 2 is 2.00 bits per heavy atom. The summed E-state index contributed by atoms with van der Waals surface area (Å²) in [6.07, 6.45) is 1.90. The second kappa shape index (κ2) is 7.28. The normalized spacial score (nSPS) is 10.8. The first kappa shape index (κ1) is 17.5. The molecule has 0 bridgehead atoms. The Bertz CT molecular complexity index is 923. The van der Waals surface area contributed by atoms with Gasteiger partial charge in [0.1, 0.15) is 15.5 Å². The van der Waals surface area contributed by atoms with E-state index in [0.29, 0.717) is 38.2 Å². The molecule has 0 atom stereocenters. The Hall–Kier alpha value is -2.32. The van der Waals surface area contributed by atoms with E-state index in [0.717, 1.165) is 11.3 Å². The van der Waals surface area contributed by atoms with E-state index >= 15 is 0 Å². The lowest BCUT2D eigenvalue weighted by Gasteiger charge is -2.07. The van der Waals surface area contributed by atoms with E-state index in [4.69, 9.17) is 15.2 Å². The van der Waals surface area contributed by atoms with Gasteiger partial charge in [-0.3, -0.25) is 0 Å². The third-order valence-corrected chi connectivity index (χ3v) is 5.20. The largest absolute Gasteiger partial charge is 0.497 e. The smallest absolute Gasteiger partial charge is 0.350 e. The number of carbonyl (C=O) groups is 1. The maximum Gasteiger partial charge on any atom is 0.350 e. The zero-order chi connectivity index (χ0) is 18.0. The summed E-state index contributed by atoms with van der Waals surface area (Å²) in [5, 5.41) is 1.30. The van der Waals surface area contributed by atoms with Gasteiger partial charge in [0.15, 0.2) is 5.16 Å². The van der Waals surface area contributed by atoms with Gasteiger partial charge in [0.05, 0.1) is 30.5 Å². The molecule has 3 rings (SSSR count). The Morgan fingerprint density at radius 3 is 2.60 bits per heavy atom. The van der Waals surface area contributed by atoms with Crippen LogP contribution >= 0.6 is 23.1 Å². The summed E-state index contributed by atoms with van der Waals surface area (Å²) in [5.74, 6) is 0.319. The molecule has 0 aliphatic carbocycles. The van der Waals surface area contributed by atoms with Gasteiger partial charge in [0.25, 0.3) is 0 Å². The van der Waals surface area contributed by atoms with E-state index in [1.807, 2.05) is 30.5 Å². The van der Waals surface area contributed by atoms with Crippen LogP contribution in [0.3, 0.4) is 0 Å². The van der Waals surface area contributed by atoms with Crippen molar-refractivity contribution >= 4 is 45.0 Å². The number of hydrogen-bond acceptors (Lipinski definition) is 8. The van der Waals surface area contributed by atoms with Crippen molar-refractivity contribution in [2.45, 2.75) is 12.1 Å². The molecule has 0 unspecified atom stereocenters. The van der Waals surface area contributed by atoms with Crippen molar-refractivity contribution in [1.82, 2.24) is 9.97 Å². The van der Waals surface area contributed by atoms with Gasteiger partial charge in [0.2, 0.25) is 0 Å². The number of benzene rings is 1. The number of esters is 1. The fraction of sp³-hybridized carbons (Fsp3) is 0.235. The van der Waals surface area contributed by atoms with Gasteiger partial charge < -0.3 is 15.2 Å². The lowest BCUT2D eigenvalue weighted by Crippen LogP contribution is -2.05. The molecular formula is C17H17N3O3S2. The van der Waals surface area contributed by atoms with Crippen LogP contribution in [0.15, 0.2) is 29.4 Å². The number of anilines is 1. The van der Waals surface area contributed by atoms with Crippen LogP contribution in [0.25, 0.3) is 21.5 Å². The first-order chi connectivity index (χ1) is 12.1. The Balaban J connectivity index is 2.23. The number of nitrogens with zero attached hydrogens (tertiary/aromatic N) is 2. The number of thioether (sulfide) groups is 1. The van der Waals surface area contributed by atoms with Crippen LogP contribution in [0, 0.1) is 0 Å². The predicted octanol–water partition coefficient (Wildman–Crippen LogP) is 3.85. The number of hydrogen-bond donors (Lipinski definition) is 1. The monoisotopic (exact) mass is 375 g/mol. The number of nitrogens with two attached hydrogens (primary N) is 1. The predicted molar refractivity (Wildman–Crippen MR) is 102 cm³/mol. The van der Waals surface area contributed by atoms with Crippen LogP contribution in [0.2, 0.25) is 0 Å². The van der Waals surface area contributed by atoms with Crippen LogP contribution in [-0.2, 0) is 4.74 Å². The van der Waals surface area contributed by atoms with Gasteiger partial charge in [-0.2, -0.15) is 0 Å². The summed E-state index contributed by atoms with van der Waals surface area (Å²) < 4.78 is 10.3. The zero-order valence-electron chi connectivity index (χ0n) is 14.0. The average Bonchev–Trinajstić information content (AvgIpc) is 2.98. The Morgan fingerprint density at radius 1 is 1.28 bits per heavy atom. The van der Waals surface area contributed by atoms with Gasteiger partial charge in [-0.15, -0.1) is 11.3 Å². The van der Waals surface area contributed by atoms with Crippen molar-refractivity contribution in [2.75, 3.05) is 25.7 Å². The van der Waals surface area contributed by atoms with E-state index in [9.17, 15) is 4.79 Å². The molecule has 0 aliphatic rings. The lowest BCUT2D eigenvalue weighted by molar-refractivity contribution is 0.0533. The molecule has 8 heteroatoms. The van der Waals surface area contributed by atoms with Gasteiger partial charge in [-0.25, -0.2) is 14.8 Å². The molecule has 0 saturated carbocycles. The highest BCUT2D eigenvalue weighted by Gasteiger charge is 2.22. The molecule has 0 spiro atoms. The maximum atomic E-state index is 12.2. The molecule has 3 aromatic rings. The van der Waals surface area contributed by atoms with Gasteiger partial charge in [-0.05, 0) is 37.4 Å². The summed E-state index contributed by atoms with van der Waals surface area (Å²) in [6, 6.07) is 7.53. The third kappa shape index (κ3) is 3.27. The number of thiophene rings is 1. The van der Waals surface area contributed by atoms with Crippen LogP contribution in [0.5, 0.6) is 5.75 Å². The van der Waals surface area contributed by atoms with Crippen molar-refractivity contribution in [3.05, 3.63) is 29.1 Å². The van der Waals surface area contributed by atoms with E-state index in [2.05, 4.69) is 9.97 Å². The van der Waals surface area contributed by atoms with Gasteiger partial charge in [0, 0.05) is 5.56 Å². The third-order valence-electron chi connectivity index (χ3n) is 3.57. The Kier molecular flexibility index (Phi) is 5.10. The van der Waals surface area contributed by atoms with E-state index in [-0.39, 0.29) is 0 Å². The number of methoxy groups -OCH3 is 1. The van der Waals surface area contributed by atoms with Crippen molar-refractivity contribution < 1.29 is 14.3 Å². The number of fused-ring (bicyclic) bond motifs is 1. The molecule has 6 nitrogen and oxygen atoms in total. The molecule has 130 valence electrons. The molecule has 0 amide bonds. The summed E-state index contributed by atoms with van der Waals surface area (Å²) in [6.45, 7) is 2.05. The second-order valence-corrected chi connectivity index (χ2v) is 6.81. The summed E-state index contributed by atoms with van der Waals surface area (Å²) in [4.78, 5) is 22.3. The van der Waals surface area contributed by atoms with Crippen molar-refractivity contribution in [3.8, 4) is 17.0 Å². The number of aromatic nitrogens is 2. The minimum atomic E-state index is -0.436. The van der Waals surface area contributed by atoms with Crippen molar-refractivity contribution in [3.63, 3.8) is 0 Å². The van der Waals surface area contributed by atoms with Crippen LogP contribution in [0.4, 0.5) is 5.69 Å². The number of carbonyl (C=O) groups excluding carboxylic acids is 1. The first-order valence-electron chi connectivity index (χ1n) is 7.54. The molecule has 2 aromatic heterocycles. The zero-order valence-corrected chi connectivity index (χ0v) is 15.7. The van der Waals surface area contributed by atoms with Crippen LogP contribution in [-0.4, -0.2) is 35.9 Å². The van der Waals surface area contributed by atoms with Crippen molar-refractivity contribution in [2.24, 2.45) is 0 Å². The van der Waals surface area contributed by atoms with E-state index in [1.165, 1.54) is 23.1 Å². The van der Waals surface area contributed by atoms with E-state index in [1.54, 1.807) is 14.0 Å². The van der Waals surface area contributed by atoms with Crippen LogP contribution in [0.1, 0.15) is 16.6 Å². The summed E-state index contributed by atoms with van der Waals surface area (Å²) in [7, 11) is 1.62. The Labute approximate surface area is 153 Å². The number of rotatable bonds is 5. The molecule has 0 saturated heterocycles. The molecule has 1 aromatic carbocycles. The lowest BCUT2D eigenvalue weighted by atomic mass is 10.1. The second-order valence-electron chi connectivity index (χ2n) is 5.03.